The minimum atomic E-state index is 0.129. The molecule has 2 aliphatic heterocycles. The van der Waals surface area contributed by atoms with Gasteiger partial charge in [-0.25, -0.2) is 3.11 Å². The summed E-state index contributed by atoms with van der Waals surface area (Å²) in [6, 6.07) is 1.03. The lowest BCUT2D eigenvalue weighted by Crippen LogP contribution is -2.58. The number of fused-ring (bicyclic) bond motifs is 1. The second-order valence-corrected chi connectivity index (χ2v) is 5.13. The molecule has 0 spiro atoms. The Morgan fingerprint density at radius 3 is 3.00 bits per heavy atom. The van der Waals surface area contributed by atoms with Gasteiger partial charge in [-0.3, -0.25) is 4.79 Å². The molecule has 0 aliphatic carbocycles. The third kappa shape index (κ3) is 2.19. The molecular formula is C10H15IN2O2. The molecule has 0 aromatic rings. The van der Waals surface area contributed by atoms with Crippen molar-refractivity contribution in [2.24, 2.45) is 0 Å². The highest BCUT2D eigenvalue weighted by Crippen LogP contribution is 2.34. The van der Waals surface area contributed by atoms with Crippen LogP contribution in [0.5, 0.6) is 0 Å². The number of carbonyl (C=O) groups excluding carboxylic acids is 1. The largest absolute Gasteiger partial charge is 0.381 e. The molecule has 0 radical (unpaired) electrons. The standard InChI is InChI=1S/C10H15IN2O2/c1-15-6-2-3-10(14)12-5-4-8-9(12)7-13(8)11/h2-3,8-9H,4-7H2,1H3/b3-2+. The van der Waals surface area contributed by atoms with Gasteiger partial charge in [0.05, 0.1) is 12.6 Å². The summed E-state index contributed by atoms with van der Waals surface area (Å²) in [4.78, 5) is 13.8. The normalized spacial score (nSPS) is 30.7. The van der Waals surface area contributed by atoms with Crippen LogP contribution in [0.15, 0.2) is 12.2 Å². The molecule has 0 aromatic carbocycles. The van der Waals surface area contributed by atoms with E-state index in [1.54, 1.807) is 19.3 Å². The number of carbonyl (C=O) groups is 1. The summed E-state index contributed by atoms with van der Waals surface area (Å²) in [5.74, 6) is 0.129. The molecule has 0 saturated carbocycles. The van der Waals surface area contributed by atoms with Gasteiger partial charge in [-0.05, 0) is 6.42 Å². The molecule has 2 heterocycles. The maximum atomic E-state index is 11.8. The van der Waals surface area contributed by atoms with E-state index >= 15 is 0 Å². The molecule has 0 N–H and O–H groups in total. The minimum absolute atomic E-state index is 0.129. The zero-order chi connectivity index (χ0) is 10.8. The SMILES string of the molecule is COC/C=C/C(=O)N1CCC2C1CN2I. The molecule has 15 heavy (non-hydrogen) atoms. The summed E-state index contributed by atoms with van der Waals surface area (Å²) in [7, 11) is 1.63. The van der Waals surface area contributed by atoms with E-state index in [1.165, 1.54) is 0 Å². The first-order valence-electron chi connectivity index (χ1n) is 5.12. The van der Waals surface area contributed by atoms with E-state index in [9.17, 15) is 4.79 Å². The van der Waals surface area contributed by atoms with Crippen LogP contribution >= 0.6 is 22.9 Å². The lowest BCUT2D eigenvalue weighted by molar-refractivity contribution is -0.128. The second kappa shape index (κ2) is 4.80. The molecule has 84 valence electrons. The molecule has 4 nitrogen and oxygen atoms in total. The number of nitrogens with zero attached hydrogens (tertiary/aromatic N) is 2. The number of methoxy groups -OCH3 is 1. The number of hydrogen-bond donors (Lipinski definition) is 0. The Labute approximate surface area is 104 Å². The Morgan fingerprint density at radius 2 is 2.40 bits per heavy atom. The van der Waals surface area contributed by atoms with Gasteiger partial charge in [0.25, 0.3) is 0 Å². The van der Waals surface area contributed by atoms with Gasteiger partial charge in [-0.1, -0.05) is 6.08 Å². The van der Waals surface area contributed by atoms with Crippen molar-refractivity contribution in [3.8, 4) is 0 Å². The van der Waals surface area contributed by atoms with Crippen molar-refractivity contribution < 1.29 is 9.53 Å². The highest BCUT2D eigenvalue weighted by atomic mass is 127. The molecule has 0 aromatic heterocycles. The van der Waals surface area contributed by atoms with Gasteiger partial charge >= 0.3 is 0 Å². The van der Waals surface area contributed by atoms with Crippen LogP contribution in [0.25, 0.3) is 0 Å². The highest BCUT2D eigenvalue weighted by Gasteiger charge is 2.47. The maximum Gasteiger partial charge on any atom is 0.246 e. The van der Waals surface area contributed by atoms with Crippen LogP contribution in [0.2, 0.25) is 0 Å². The van der Waals surface area contributed by atoms with Crippen molar-refractivity contribution in [2.45, 2.75) is 18.5 Å². The summed E-state index contributed by atoms with van der Waals surface area (Å²) < 4.78 is 7.15. The van der Waals surface area contributed by atoms with E-state index in [1.807, 2.05) is 4.90 Å². The fourth-order valence-electron chi connectivity index (χ4n) is 2.17. The Kier molecular flexibility index (Phi) is 3.63. The fraction of sp³-hybridized carbons (Fsp3) is 0.700. The number of likely N-dealkylation sites (tertiary alicyclic amines) is 1. The van der Waals surface area contributed by atoms with Gasteiger partial charge in [0.2, 0.25) is 5.91 Å². The first-order chi connectivity index (χ1) is 7.24. The Bertz CT molecular complexity index is 283. The van der Waals surface area contributed by atoms with E-state index in [0.717, 1.165) is 19.5 Å². The minimum Gasteiger partial charge on any atom is -0.381 e. The van der Waals surface area contributed by atoms with Gasteiger partial charge in [-0.2, -0.15) is 0 Å². The molecule has 0 bridgehead atoms. The Hall–Kier alpha value is -0.140. The van der Waals surface area contributed by atoms with Crippen LogP contribution in [0, 0.1) is 0 Å². The molecule has 2 aliphatic rings. The molecule has 1 amide bonds. The maximum absolute atomic E-state index is 11.8. The summed E-state index contributed by atoms with van der Waals surface area (Å²) in [5.41, 5.74) is 0. The van der Waals surface area contributed by atoms with Gasteiger partial charge < -0.3 is 9.64 Å². The molecule has 2 fully saturated rings. The number of halogens is 1. The summed E-state index contributed by atoms with van der Waals surface area (Å²) in [6.07, 6.45) is 4.51. The zero-order valence-corrected chi connectivity index (χ0v) is 10.9. The third-order valence-corrected chi connectivity index (χ3v) is 4.15. The van der Waals surface area contributed by atoms with Crippen LogP contribution in [0.1, 0.15) is 6.42 Å². The fourth-order valence-corrected chi connectivity index (χ4v) is 3.23. The second-order valence-electron chi connectivity index (χ2n) is 3.89. The molecule has 2 atom stereocenters. The molecule has 2 unspecified atom stereocenters. The van der Waals surface area contributed by atoms with Crippen LogP contribution in [0.3, 0.4) is 0 Å². The monoisotopic (exact) mass is 322 g/mol. The van der Waals surface area contributed by atoms with Gasteiger partial charge in [0.15, 0.2) is 0 Å². The first kappa shape index (κ1) is 11.3. The van der Waals surface area contributed by atoms with Crippen LogP contribution in [-0.4, -0.2) is 52.8 Å². The van der Waals surface area contributed by atoms with Crippen LogP contribution in [0.4, 0.5) is 0 Å². The van der Waals surface area contributed by atoms with E-state index in [-0.39, 0.29) is 5.91 Å². The van der Waals surface area contributed by atoms with Crippen molar-refractivity contribution in [1.82, 2.24) is 8.01 Å². The predicted octanol–water partition coefficient (Wildman–Crippen LogP) is 0.824. The van der Waals surface area contributed by atoms with Crippen molar-refractivity contribution >= 4 is 28.8 Å². The number of rotatable bonds is 3. The topological polar surface area (TPSA) is 32.8 Å². The predicted molar refractivity (Wildman–Crippen MR) is 65.6 cm³/mol. The quantitative estimate of drug-likeness (QED) is 0.438. The molecule has 2 saturated heterocycles. The van der Waals surface area contributed by atoms with E-state index in [0.29, 0.717) is 18.7 Å². The van der Waals surface area contributed by atoms with Gasteiger partial charge in [0, 0.05) is 55.2 Å². The zero-order valence-electron chi connectivity index (χ0n) is 8.73. The highest BCUT2D eigenvalue weighted by molar-refractivity contribution is 14.1. The number of amides is 1. The molecule has 5 heteroatoms. The summed E-state index contributed by atoms with van der Waals surface area (Å²) in [5, 5.41) is 0. The third-order valence-electron chi connectivity index (χ3n) is 3.04. The lowest BCUT2D eigenvalue weighted by Gasteiger charge is -2.42. The van der Waals surface area contributed by atoms with Crippen molar-refractivity contribution in [3.05, 3.63) is 12.2 Å². The number of hydrogen-bond acceptors (Lipinski definition) is 3. The summed E-state index contributed by atoms with van der Waals surface area (Å²) in [6.45, 7) is 2.41. The summed E-state index contributed by atoms with van der Waals surface area (Å²) >= 11 is 2.34. The van der Waals surface area contributed by atoms with Crippen molar-refractivity contribution in [1.29, 1.82) is 0 Å². The van der Waals surface area contributed by atoms with Crippen molar-refractivity contribution in [2.75, 3.05) is 26.8 Å². The first-order valence-corrected chi connectivity index (χ1v) is 6.09. The Morgan fingerprint density at radius 1 is 1.60 bits per heavy atom. The lowest BCUT2D eigenvalue weighted by atomic mass is 10.0. The van der Waals surface area contributed by atoms with Crippen LogP contribution < -0.4 is 0 Å². The van der Waals surface area contributed by atoms with E-state index in [4.69, 9.17) is 4.74 Å². The van der Waals surface area contributed by atoms with Gasteiger partial charge in [0.1, 0.15) is 0 Å². The van der Waals surface area contributed by atoms with E-state index < -0.39 is 0 Å². The van der Waals surface area contributed by atoms with Crippen molar-refractivity contribution in [3.63, 3.8) is 0 Å². The average molecular weight is 322 g/mol. The van der Waals surface area contributed by atoms with Gasteiger partial charge in [-0.15, -0.1) is 0 Å². The Balaban J connectivity index is 1.87. The van der Waals surface area contributed by atoms with Crippen LogP contribution in [-0.2, 0) is 9.53 Å². The molecule has 2 rings (SSSR count). The van der Waals surface area contributed by atoms with E-state index in [2.05, 4.69) is 26.0 Å². The average Bonchev–Trinajstić information content (AvgIpc) is 2.55. The smallest absolute Gasteiger partial charge is 0.246 e. The molecular weight excluding hydrogens is 307 g/mol. The number of ether oxygens (including phenoxy) is 1.